The van der Waals surface area contributed by atoms with Gasteiger partial charge in [0.1, 0.15) is 0 Å². The average Bonchev–Trinajstić information content (AvgIpc) is 2.88. The zero-order valence-electron chi connectivity index (χ0n) is 11.8. The minimum Gasteiger partial charge on any atom is -0.478 e. The lowest BCUT2D eigenvalue weighted by Gasteiger charge is -2.22. The summed E-state index contributed by atoms with van der Waals surface area (Å²) in [4.78, 5) is 35.9. The number of rotatable bonds is 3. The molecule has 7 heteroatoms. The molecule has 1 aromatic carbocycles. The average molecular weight is 291 g/mol. The molecule has 0 spiro atoms. The number of carbonyl (C=O) groups is 3. The number of benzene rings is 1. The van der Waals surface area contributed by atoms with Gasteiger partial charge in [-0.1, -0.05) is 6.07 Å². The number of carboxylic acids is 1. The van der Waals surface area contributed by atoms with Crippen molar-refractivity contribution in [3.8, 4) is 0 Å². The van der Waals surface area contributed by atoms with Crippen molar-refractivity contribution >= 4 is 17.9 Å². The molecule has 2 rings (SSSR count). The Morgan fingerprint density at radius 1 is 1.24 bits per heavy atom. The van der Waals surface area contributed by atoms with Crippen LogP contribution in [0, 0.1) is 0 Å². The van der Waals surface area contributed by atoms with E-state index in [1.807, 2.05) is 4.90 Å². The number of amides is 3. The Kier molecular flexibility index (Phi) is 4.23. The van der Waals surface area contributed by atoms with Crippen LogP contribution >= 0.6 is 0 Å². The predicted octanol–water partition coefficient (Wildman–Crippen LogP) is 0.544. The van der Waals surface area contributed by atoms with E-state index in [1.165, 1.54) is 7.05 Å². The molecule has 1 unspecified atom stereocenters. The molecule has 7 nitrogen and oxygen atoms in total. The molecule has 0 radical (unpaired) electrons. The first-order chi connectivity index (χ1) is 9.92. The van der Waals surface area contributed by atoms with Gasteiger partial charge in [0.15, 0.2) is 0 Å². The third-order valence-electron chi connectivity index (χ3n) is 3.59. The van der Waals surface area contributed by atoms with Crippen LogP contribution < -0.4 is 10.6 Å². The molecule has 0 aromatic heterocycles. The van der Waals surface area contributed by atoms with Crippen LogP contribution in [0.3, 0.4) is 0 Å². The van der Waals surface area contributed by atoms with Crippen LogP contribution in [0.2, 0.25) is 0 Å². The van der Waals surface area contributed by atoms with Gasteiger partial charge < -0.3 is 10.4 Å². The number of carbonyl (C=O) groups excluding carboxylic acids is 2. The van der Waals surface area contributed by atoms with Crippen molar-refractivity contribution in [3.05, 3.63) is 34.9 Å². The second kappa shape index (κ2) is 5.92. The van der Waals surface area contributed by atoms with E-state index >= 15 is 0 Å². The van der Waals surface area contributed by atoms with E-state index in [1.54, 1.807) is 25.1 Å². The molecule has 1 aliphatic rings. The molecule has 1 heterocycles. The highest BCUT2D eigenvalue weighted by Gasteiger charge is 2.28. The first-order valence-corrected chi connectivity index (χ1v) is 6.54. The molecule has 0 saturated heterocycles. The summed E-state index contributed by atoms with van der Waals surface area (Å²) in [5.74, 6) is -1.36. The Morgan fingerprint density at radius 2 is 1.90 bits per heavy atom. The minimum absolute atomic E-state index is 0.234. The lowest BCUT2D eigenvalue weighted by molar-refractivity contribution is -0.124. The predicted molar refractivity (Wildman–Crippen MR) is 74.7 cm³/mol. The lowest BCUT2D eigenvalue weighted by atomic mass is 10.1. The lowest BCUT2D eigenvalue weighted by Crippen LogP contribution is -2.47. The number of aromatic carboxylic acids is 1. The fourth-order valence-corrected chi connectivity index (χ4v) is 2.27. The van der Waals surface area contributed by atoms with Crippen molar-refractivity contribution in [2.75, 3.05) is 7.05 Å². The summed E-state index contributed by atoms with van der Waals surface area (Å²) in [5.41, 5.74) is 2.13. The van der Waals surface area contributed by atoms with E-state index in [0.717, 1.165) is 11.1 Å². The topological polar surface area (TPSA) is 98.7 Å². The van der Waals surface area contributed by atoms with Crippen molar-refractivity contribution in [2.24, 2.45) is 0 Å². The zero-order valence-corrected chi connectivity index (χ0v) is 11.8. The van der Waals surface area contributed by atoms with Crippen LogP contribution in [0.1, 0.15) is 28.4 Å². The molecule has 0 aliphatic carbocycles. The van der Waals surface area contributed by atoms with Crippen molar-refractivity contribution in [1.29, 1.82) is 0 Å². The Balaban J connectivity index is 2.06. The quantitative estimate of drug-likeness (QED) is 0.755. The largest absolute Gasteiger partial charge is 0.478 e. The van der Waals surface area contributed by atoms with Gasteiger partial charge in [-0.15, -0.1) is 0 Å². The Bertz CT molecular complexity index is 600. The van der Waals surface area contributed by atoms with Crippen LogP contribution in [-0.4, -0.2) is 41.0 Å². The SMILES string of the molecule is CNC(=O)NC(=O)C(C)N1Cc2ccc(C(=O)O)cc2C1. The van der Waals surface area contributed by atoms with Crippen molar-refractivity contribution < 1.29 is 19.5 Å². The normalized spacial score (nSPS) is 15.1. The molecule has 1 aliphatic heterocycles. The molecule has 0 bridgehead atoms. The Hall–Kier alpha value is -2.41. The number of nitrogens with zero attached hydrogens (tertiary/aromatic N) is 1. The van der Waals surface area contributed by atoms with Crippen molar-refractivity contribution in [3.63, 3.8) is 0 Å². The van der Waals surface area contributed by atoms with E-state index in [9.17, 15) is 14.4 Å². The van der Waals surface area contributed by atoms with Crippen LogP contribution in [0.4, 0.5) is 4.79 Å². The van der Waals surface area contributed by atoms with Crippen molar-refractivity contribution in [2.45, 2.75) is 26.1 Å². The molecular weight excluding hydrogens is 274 g/mol. The number of urea groups is 1. The van der Waals surface area contributed by atoms with Gasteiger partial charge in [-0.25, -0.2) is 9.59 Å². The van der Waals surface area contributed by atoms with E-state index in [0.29, 0.717) is 13.1 Å². The summed E-state index contributed by atoms with van der Waals surface area (Å²) in [6, 6.07) is 3.92. The standard InChI is InChI=1S/C14H17N3O4/c1-8(12(18)16-14(21)15-2)17-6-10-4-3-9(13(19)20)5-11(10)7-17/h3-5,8H,6-7H2,1-2H3,(H,19,20)(H2,15,16,18,21). The fraction of sp³-hybridized carbons (Fsp3) is 0.357. The van der Waals surface area contributed by atoms with Gasteiger partial charge in [0.25, 0.3) is 0 Å². The Morgan fingerprint density at radius 3 is 2.52 bits per heavy atom. The zero-order chi connectivity index (χ0) is 15.6. The second-order valence-electron chi connectivity index (χ2n) is 4.94. The van der Waals surface area contributed by atoms with E-state index in [-0.39, 0.29) is 11.5 Å². The first kappa shape index (κ1) is 15.0. The third kappa shape index (κ3) is 3.19. The van der Waals surface area contributed by atoms with Crippen LogP contribution in [0.5, 0.6) is 0 Å². The number of imide groups is 1. The summed E-state index contributed by atoms with van der Waals surface area (Å²) >= 11 is 0. The van der Waals surface area contributed by atoms with Gasteiger partial charge in [-0.05, 0) is 30.2 Å². The van der Waals surface area contributed by atoms with Crippen molar-refractivity contribution in [1.82, 2.24) is 15.5 Å². The first-order valence-electron chi connectivity index (χ1n) is 6.54. The summed E-state index contributed by atoms with van der Waals surface area (Å²) in [6.07, 6.45) is 0. The maximum Gasteiger partial charge on any atom is 0.335 e. The van der Waals surface area contributed by atoms with Crippen LogP contribution in [0.25, 0.3) is 0 Å². The monoisotopic (exact) mass is 291 g/mol. The fourth-order valence-electron chi connectivity index (χ4n) is 2.27. The highest BCUT2D eigenvalue weighted by Crippen LogP contribution is 2.25. The molecular formula is C14H17N3O4. The second-order valence-corrected chi connectivity index (χ2v) is 4.94. The molecule has 1 atom stereocenters. The maximum absolute atomic E-state index is 11.9. The molecule has 3 N–H and O–H groups in total. The third-order valence-corrected chi connectivity index (χ3v) is 3.59. The Labute approximate surface area is 121 Å². The summed E-state index contributed by atoms with van der Waals surface area (Å²) in [6.45, 7) is 2.75. The van der Waals surface area contributed by atoms with Crippen LogP contribution in [-0.2, 0) is 17.9 Å². The van der Waals surface area contributed by atoms with Gasteiger partial charge in [-0.2, -0.15) is 0 Å². The van der Waals surface area contributed by atoms with E-state index < -0.39 is 18.0 Å². The van der Waals surface area contributed by atoms with Gasteiger partial charge in [-0.3, -0.25) is 15.0 Å². The van der Waals surface area contributed by atoms with Gasteiger partial charge in [0, 0.05) is 20.1 Å². The molecule has 3 amide bonds. The van der Waals surface area contributed by atoms with Crippen LogP contribution in [0.15, 0.2) is 18.2 Å². The number of hydrogen-bond donors (Lipinski definition) is 3. The molecule has 21 heavy (non-hydrogen) atoms. The van der Waals surface area contributed by atoms with Gasteiger partial charge in [0.05, 0.1) is 11.6 Å². The molecule has 112 valence electrons. The number of fused-ring (bicyclic) bond motifs is 1. The van der Waals surface area contributed by atoms with E-state index in [2.05, 4.69) is 10.6 Å². The number of carboxylic acid groups (broad SMARTS) is 1. The number of hydrogen-bond acceptors (Lipinski definition) is 4. The highest BCUT2D eigenvalue weighted by molar-refractivity contribution is 5.96. The molecule has 0 fully saturated rings. The maximum atomic E-state index is 11.9. The highest BCUT2D eigenvalue weighted by atomic mass is 16.4. The minimum atomic E-state index is -0.971. The van der Waals surface area contributed by atoms with Gasteiger partial charge >= 0.3 is 12.0 Å². The van der Waals surface area contributed by atoms with Gasteiger partial charge in [0.2, 0.25) is 5.91 Å². The van der Waals surface area contributed by atoms with E-state index in [4.69, 9.17) is 5.11 Å². The smallest absolute Gasteiger partial charge is 0.335 e. The molecule has 1 aromatic rings. The summed E-state index contributed by atoms with van der Waals surface area (Å²) in [7, 11) is 1.44. The molecule has 0 saturated carbocycles. The summed E-state index contributed by atoms with van der Waals surface area (Å²) in [5, 5.41) is 13.5. The number of nitrogens with one attached hydrogen (secondary N) is 2. The summed E-state index contributed by atoms with van der Waals surface area (Å²) < 4.78 is 0.